The van der Waals surface area contributed by atoms with Gasteiger partial charge in [-0.1, -0.05) is 35.9 Å². The van der Waals surface area contributed by atoms with E-state index in [4.69, 9.17) is 0 Å². The van der Waals surface area contributed by atoms with Crippen molar-refractivity contribution in [3.05, 3.63) is 77.2 Å². The summed E-state index contributed by atoms with van der Waals surface area (Å²) < 4.78 is 42.1. The quantitative estimate of drug-likeness (QED) is 0.671. The molecule has 0 aliphatic carbocycles. The standard InChI is InChI=1S/C21H20F3N5O/c1-13-4-6-15(7-5-13)17-9-18(21(22,23)24)29-19(28-17)16(12-27-29)20(30)26-11-14-3-2-8-25-10-14/h2-8,10,12,17-18,28H,9,11H2,1H3,(H,26,30)/t17-,18+/m0/s1. The summed E-state index contributed by atoms with van der Waals surface area (Å²) in [5.41, 5.74) is 2.60. The van der Waals surface area contributed by atoms with Crippen molar-refractivity contribution in [2.24, 2.45) is 0 Å². The second-order valence-electron chi connectivity index (χ2n) is 7.30. The van der Waals surface area contributed by atoms with Crippen LogP contribution in [0.5, 0.6) is 0 Å². The predicted octanol–water partition coefficient (Wildman–Crippen LogP) is 4.18. The van der Waals surface area contributed by atoms with Crippen molar-refractivity contribution in [1.29, 1.82) is 0 Å². The molecule has 0 bridgehead atoms. The Morgan fingerprint density at radius 3 is 2.67 bits per heavy atom. The lowest BCUT2D eigenvalue weighted by molar-refractivity contribution is -0.173. The fraction of sp³-hybridized carbons (Fsp3) is 0.286. The van der Waals surface area contributed by atoms with Gasteiger partial charge in [-0.15, -0.1) is 0 Å². The lowest BCUT2D eigenvalue weighted by atomic mass is 9.96. The number of anilines is 1. The number of fused-ring (bicyclic) bond motifs is 1. The molecule has 0 unspecified atom stereocenters. The molecule has 30 heavy (non-hydrogen) atoms. The number of hydrogen-bond donors (Lipinski definition) is 2. The molecule has 0 saturated heterocycles. The third-order valence-electron chi connectivity index (χ3n) is 5.14. The summed E-state index contributed by atoms with van der Waals surface area (Å²) in [5.74, 6) is -0.434. The number of aromatic nitrogens is 3. The van der Waals surface area contributed by atoms with E-state index in [1.807, 2.05) is 19.1 Å². The van der Waals surface area contributed by atoms with Crippen LogP contribution < -0.4 is 10.6 Å². The monoisotopic (exact) mass is 415 g/mol. The summed E-state index contributed by atoms with van der Waals surface area (Å²) in [7, 11) is 0. The van der Waals surface area contributed by atoms with Crippen molar-refractivity contribution in [2.45, 2.75) is 38.1 Å². The number of aryl methyl sites for hydroxylation is 1. The molecule has 1 amide bonds. The van der Waals surface area contributed by atoms with E-state index in [0.717, 1.165) is 21.4 Å². The normalized spacial score (nSPS) is 18.4. The number of nitrogens with one attached hydrogen (secondary N) is 2. The fourth-order valence-corrected chi connectivity index (χ4v) is 3.53. The molecular formula is C21H20F3N5O. The molecule has 3 aromatic rings. The molecule has 2 aromatic heterocycles. The van der Waals surface area contributed by atoms with Crippen molar-refractivity contribution in [1.82, 2.24) is 20.1 Å². The highest BCUT2D eigenvalue weighted by Crippen LogP contribution is 2.44. The SMILES string of the molecule is Cc1ccc([C@@H]2C[C@H](C(F)(F)F)n3ncc(C(=O)NCc4cccnc4)c3N2)cc1. The van der Waals surface area contributed by atoms with Gasteiger partial charge in [0.1, 0.15) is 11.4 Å². The van der Waals surface area contributed by atoms with Crippen molar-refractivity contribution in [2.75, 3.05) is 5.32 Å². The molecule has 2 N–H and O–H groups in total. The number of alkyl halides is 3. The first-order valence-electron chi connectivity index (χ1n) is 9.47. The zero-order chi connectivity index (χ0) is 21.3. The van der Waals surface area contributed by atoms with E-state index in [2.05, 4.69) is 20.7 Å². The molecule has 9 heteroatoms. The number of hydrogen-bond acceptors (Lipinski definition) is 4. The minimum Gasteiger partial charge on any atom is -0.363 e. The van der Waals surface area contributed by atoms with E-state index in [1.165, 1.54) is 6.20 Å². The predicted molar refractivity (Wildman–Crippen MR) is 105 cm³/mol. The highest BCUT2D eigenvalue weighted by Gasteiger charge is 2.47. The van der Waals surface area contributed by atoms with Gasteiger partial charge < -0.3 is 10.6 Å². The highest BCUT2D eigenvalue weighted by atomic mass is 19.4. The van der Waals surface area contributed by atoms with Crippen LogP contribution in [0.4, 0.5) is 19.0 Å². The van der Waals surface area contributed by atoms with Gasteiger partial charge in [0.2, 0.25) is 0 Å². The maximum Gasteiger partial charge on any atom is 0.410 e. The van der Waals surface area contributed by atoms with Crippen LogP contribution in [0.3, 0.4) is 0 Å². The number of pyridine rings is 1. The third kappa shape index (κ3) is 4.00. The number of rotatable bonds is 4. The Bertz CT molecular complexity index is 1030. The maximum atomic E-state index is 13.8. The third-order valence-corrected chi connectivity index (χ3v) is 5.14. The number of nitrogens with zero attached hydrogens (tertiary/aromatic N) is 3. The first-order valence-corrected chi connectivity index (χ1v) is 9.47. The molecule has 3 heterocycles. The molecule has 1 aromatic carbocycles. The van der Waals surface area contributed by atoms with Gasteiger partial charge >= 0.3 is 6.18 Å². The summed E-state index contributed by atoms with van der Waals surface area (Å²) in [6.07, 6.45) is -0.296. The minimum atomic E-state index is -4.49. The Morgan fingerprint density at radius 1 is 1.23 bits per heavy atom. The molecule has 0 radical (unpaired) electrons. The number of carbonyl (C=O) groups is 1. The Morgan fingerprint density at radius 2 is 2.00 bits per heavy atom. The Balaban J connectivity index is 1.62. The maximum absolute atomic E-state index is 13.8. The van der Waals surface area contributed by atoms with Crippen molar-refractivity contribution in [3.8, 4) is 0 Å². The van der Waals surface area contributed by atoms with Gasteiger partial charge in [-0.05, 0) is 24.1 Å². The first-order chi connectivity index (χ1) is 14.3. The molecule has 4 rings (SSSR count). The zero-order valence-electron chi connectivity index (χ0n) is 16.1. The number of amides is 1. The number of carbonyl (C=O) groups excluding carboxylic acids is 1. The van der Waals surface area contributed by atoms with Crippen LogP contribution in [0.1, 0.15) is 45.6 Å². The summed E-state index contributed by atoms with van der Waals surface area (Å²) in [6.45, 7) is 2.12. The Kier molecular flexibility index (Phi) is 5.19. The summed E-state index contributed by atoms with van der Waals surface area (Å²) in [5, 5.41) is 9.69. The minimum absolute atomic E-state index is 0.0674. The average Bonchev–Trinajstić information content (AvgIpc) is 3.16. The van der Waals surface area contributed by atoms with Crippen molar-refractivity contribution in [3.63, 3.8) is 0 Å². The van der Waals surface area contributed by atoms with E-state index < -0.39 is 24.2 Å². The van der Waals surface area contributed by atoms with Gasteiger partial charge in [0.25, 0.3) is 5.91 Å². The van der Waals surface area contributed by atoms with Gasteiger partial charge in [0.05, 0.1) is 12.2 Å². The second-order valence-corrected chi connectivity index (χ2v) is 7.30. The number of benzene rings is 1. The Hall–Kier alpha value is -3.36. The summed E-state index contributed by atoms with van der Waals surface area (Å²) >= 11 is 0. The van der Waals surface area contributed by atoms with E-state index in [9.17, 15) is 18.0 Å². The van der Waals surface area contributed by atoms with Crippen LogP contribution in [-0.2, 0) is 6.54 Å². The highest BCUT2D eigenvalue weighted by molar-refractivity contribution is 5.98. The molecule has 2 atom stereocenters. The van der Waals surface area contributed by atoms with Crippen molar-refractivity contribution >= 4 is 11.7 Å². The van der Waals surface area contributed by atoms with Crippen LogP contribution in [0, 0.1) is 6.92 Å². The second kappa shape index (κ2) is 7.81. The van der Waals surface area contributed by atoms with E-state index >= 15 is 0 Å². The molecule has 0 fully saturated rings. The first kappa shape index (κ1) is 19.9. The summed E-state index contributed by atoms with van der Waals surface area (Å²) in [4.78, 5) is 16.7. The molecule has 6 nitrogen and oxygen atoms in total. The molecule has 1 aliphatic heterocycles. The molecule has 0 saturated carbocycles. The van der Waals surface area contributed by atoms with E-state index in [1.54, 1.807) is 36.7 Å². The fourth-order valence-electron chi connectivity index (χ4n) is 3.53. The number of halogens is 3. The smallest absolute Gasteiger partial charge is 0.363 e. The average molecular weight is 415 g/mol. The zero-order valence-corrected chi connectivity index (χ0v) is 16.1. The van der Waals surface area contributed by atoms with E-state index in [0.29, 0.717) is 0 Å². The van der Waals surface area contributed by atoms with Crippen LogP contribution >= 0.6 is 0 Å². The van der Waals surface area contributed by atoms with Crippen LogP contribution in [0.15, 0.2) is 55.0 Å². The van der Waals surface area contributed by atoms with Crippen LogP contribution in [-0.4, -0.2) is 26.8 Å². The van der Waals surface area contributed by atoms with Gasteiger partial charge in [-0.25, -0.2) is 4.68 Å². The largest absolute Gasteiger partial charge is 0.410 e. The molecule has 0 spiro atoms. The van der Waals surface area contributed by atoms with E-state index in [-0.39, 0.29) is 24.3 Å². The van der Waals surface area contributed by atoms with Gasteiger partial charge in [0.15, 0.2) is 6.04 Å². The van der Waals surface area contributed by atoms with Crippen LogP contribution in [0.25, 0.3) is 0 Å². The lowest BCUT2D eigenvalue weighted by Crippen LogP contribution is -2.36. The van der Waals surface area contributed by atoms with Crippen LogP contribution in [0.2, 0.25) is 0 Å². The van der Waals surface area contributed by atoms with Crippen molar-refractivity contribution < 1.29 is 18.0 Å². The molecule has 156 valence electrons. The molecule has 1 aliphatic rings. The molecular weight excluding hydrogens is 395 g/mol. The van der Waals surface area contributed by atoms with Gasteiger partial charge in [-0.3, -0.25) is 9.78 Å². The summed E-state index contributed by atoms with van der Waals surface area (Å²) in [6, 6.07) is 8.44. The lowest BCUT2D eigenvalue weighted by Gasteiger charge is -2.34. The van der Waals surface area contributed by atoms with Gasteiger partial charge in [-0.2, -0.15) is 18.3 Å². The van der Waals surface area contributed by atoms with Gasteiger partial charge in [0, 0.05) is 25.4 Å². The Labute approximate surface area is 171 Å². The topological polar surface area (TPSA) is 71.8 Å².